The van der Waals surface area contributed by atoms with Crippen LogP contribution in [-0.4, -0.2) is 15.0 Å². The highest BCUT2D eigenvalue weighted by Gasteiger charge is 2.24. The Morgan fingerprint density at radius 1 is 0.529 bits per heavy atom. The van der Waals surface area contributed by atoms with Gasteiger partial charge in [-0.2, -0.15) is 0 Å². The molecule has 1 atom stereocenters. The number of fused-ring (bicyclic) bond motifs is 5. The van der Waals surface area contributed by atoms with Crippen molar-refractivity contribution in [2.75, 3.05) is 0 Å². The van der Waals surface area contributed by atoms with Gasteiger partial charge in [0.25, 0.3) is 0 Å². The van der Waals surface area contributed by atoms with Gasteiger partial charge in [0.1, 0.15) is 11.2 Å². The van der Waals surface area contributed by atoms with Crippen molar-refractivity contribution in [3.8, 4) is 45.3 Å². The molecule has 0 saturated carbocycles. The standard InChI is InChI=1S/C47H33N3O/c1-2-11-30(12-3-1)32-21-24-34(25-22-32)45-48-46(36-26-23-31-13-4-5-15-35(31)27-36)50-47(49-45)41-28-37(39-19-10-16-33-14-6-7-17-38(33)39)29-43-44(41)40-18-8-9-20-42(40)51-43/h1-3,5-12,14-18,20-29,39H,4,13,19H2. The molecule has 0 amide bonds. The lowest BCUT2D eigenvalue weighted by Gasteiger charge is -2.23. The van der Waals surface area contributed by atoms with Crippen molar-refractivity contribution in [1.29, 1.82) is 0 Å². The molecule has 0 fully saturated rings. The fourth-order valence-corrected chi connectivity index (χ4v) is 7.77. The summed E-state index contributed by atoms with van der Waals surface area (Å²) in [4.78, 5) is 15.7. The number of hydrogen-bond acceptors (Lipinski definition) is 4. The topological polar surface area (TPSA) is 51.8 Å². The van der Waals surface area contributed by atoms with Crippen LogP contribution in [0.1, 0.15) is 46.6 Å². The summed E-state index contributed by atoms with van der Waals surface area (Å²) in [5.41, 5.74) is 13.2. The molecule has 0 N–H and O–H groups in total. The van der Waals surface area contributed by atoms with E-state index in [1.807, 2.05) is 18.2 Å². The van der Waals surface area contributed by atoms with Crippen LogP contribution < -0.4 is 0 Å². The summed E-state index contributed by atoms with van der Waals surface area (Å²) in [5, 5.41) is 2.07. The minimum absolute atomic E-state index is 0.182. The van der Waals surface area contributed by atoms with Crippen LogP contribution in [0, 0.1) is 0 Å². The quantitative estimate of drug-likeness (QED) is 0.185. The molecule has 8 aromatic rings. The van der Waals surface area contributed by atoms with Gasteiger partial charge in [-0.25, -0.2) is 15.0 Å². The van der Waals surface area contributed by atoms with Gasteiger partial charge in [-0.1, -0.05) is 133 Å². The van der Waals surface area contributed by atoms with Gasteiger partial charge in [0, 0.05) is 33.4 Å². The van der Waals surface area contributed by atoms with E-state index in [-0.39, 0.29) is 5.92 Å². The van der Waals surface area contributed by atoms with Gasteiger partial charge in [-0.05, 0) is 82.5 Å². The van der Waals surface area contributed by atoms with E-state index in [0.717, 1.165) is 63.5 Å². The molecule has 242 valence electrons. The predicted octanol–water partition coefficient (Wildman–Crippen LogP) is 11.9. The minimum atomic E-state index is 0.182. The number of nitrogens with zero attached hydrogens (tertiary/aromatic N) is 3. The molecule has 4 nitrogen and oxygen atoms in total. The Kier molecular flexibility index (Phi) is 7.05. The number of aromatic nitrogens is 3. The number of rotatable bonds is 5. The van der Waals surface area contributed by atoms with Crippen LogP contribution in [-0.2, 0) is 6.42 Å². The van der Waals surface area contributed by atoms with Crippen molar-refractivity contribution < 1.29 is 4.42 Å². The average molecular weight is 656 g/mol. The lowest BCUT2D eigenvalue weighted by atomic mass is 9.81. The Labute approximate surface area is 296 Å². The van der Waals surface area contributed by atoms with E-state index in [1.54, 1.807) is 0 Å². The maximum Gasteiger partial charge on any atom is 0.164 e. The zero-order chi connectivity index (χ0) is 33.7. The van der Waals surface area contributed by atoms with Gasteiger partial charge in [-0.3, -0.25) is 0 Å². The molecule has 0 aliphatic heterocycles. The molecule has 51 heavy (non-hydrogen) atoms. The van der Waals surface area contributed by atoms with Crippen molar-refractivity contribution >= 4 is 34.1 Å². The molecule has 2 aromatic heterocycles. The van der Waals surface area contributed by atoms with Crippen molar-refractivity contribution in [1.82, 2.24) is 15.0 Å². The monoisotopic (exact) mass is 655 g/mol. The number of para-hydroxylation sites is 1. The Hall–Kier alpha value is -6.39. The third-order valence-corrected chi connectivity index (χ3v) is 10.4. The van der Waals surface area contributed by atoms with E-state index in [0.29, 0.717) is 17.5 Å². The number of aryl methyl sites for hydroxylation is 1. The molecule has 0 bridgehead atoms. The van der Waals surface area contributed by atoms with Gasteiger partial charge in [0.2, 0.25) is 0 Å². The summed E-state index contributed by atoms with van der Waals surface area (Å²) in [6.45, 7) is 0. The van der Waals surface area contributed by atoms with Crippen molar-refractivity contribution in [2.24, 2.45) is 0 Å². The first-order valence-electron chi connectivity index (χ1n) is 17.7. The molecule has 6 aromatic carbocycles. The molecular weight excluding hydrogens is 623 g/mol. The van der Waals surface area contributed by atoms with Crippen LogP contribution in [0.4, 0.5) is 0 Å². The van der Waals surface area contributed by atoms with E-state index in [1.165, 1.54) is 33.4 Å². The first kappa shape index (κ1) is 29.5. The van der Waals surface area contributed by atoms with Crippen molar-refractivity contribution in [3.63, 3.8) is 0 Å². The van der Waals surface area contributed by atoms with Crippen LogP contribution >= 0.6 is 0 Å². The Bertz CT molecular complexity index is 2670. The summed E-state index contributed by atoms with van der Waals surface area (Å²) in [6, 6.07) is 47.0. The van der Waals surface area contributed by atoms with E-state index in [4.69, 9.17) is 19.4 Å². The summed E-state index contributed by atoms with van der Waals surface area (Å²) in [6.07, 6.45) is 12.0. The summed E-state index contributed by atoms with van der Waals surface area (Å²) >= 11 is 0. The third-order valence-electron chi connectivity index (χ3n) is 10.4. The third kappa shape index (κ3) is 5.28. The molecule has 0 radical (unpaired) electrons. The van der Waals surface area contributed by atoms with Crippen LogP contribution in [0.25, 0.3) is 79.4 Å². The van der Waals surface area contributed by atoms with Crippen LogP contribution in [0.5, 0.6) is 0 Å². The molecule has 0 saturated heterocycles. The summed E-state index contributed by atoms with van der Waals surface area (Å²) < 4.78 is 6.58. The van der Waals surface area contributed by atoms with Crippen LogP contribution in [0.3, 0.4) is 0 Å². The molecule has 2 aliphatic rings. The van der Waals surface area contributed by atoms with E-state index in [9.17, 15) is 0 Å². The SMILES string of the molecule is C1=Cc2cc(-c3nc(-c4ccc(-c5ccccc5)cc4)nc(-c4cc(C5CC=Cc6ccccc65)cc5oc6ccccc6c45)n3)ccc2CC1. The first-order valence-corrected chi connectivity index (χ1v) is 17.7. The zero-order valence-corrected chi connectivity index (χ0v) is 28.0. The van der Waals surface area contributed by atoms with Crippen LogP contribution in [0.15, 0.2) is 150 Å². The second-order valence-corrected chi connectivity index (χ2v) is 13.5. The van der Waals surface area contributed by atoms with Crippen molar-refractivity contribution in [3.05, 3.63) is 173 Å². The number of benzene rings is 6. The molecule has 4 heteroatoms. The second kappa shape index (κ2) is 12.2. The summed E-state index contributed by atoms with van der Waals surface area (Å²) in [5.74, 6) is 2.11. The highest BCUT2D eigenvalue weighted by Crippen LogP contribution is 2.42. The molecule has 2 aliphatic carbocycles. The Balaban J connectivity index is 1.20. The average Bonchev–Trinajstić information content (AvgIpc) is 3.59. The lowest BCUT2D eigenvalue weighted by Crippen LogP contribution is -2.06. The molecule has 0 spiro atoms. The maximum absolute atomic E-state index is 6.58. The van der Waals surface area contributed by atoms with Gasteiger partial charge >= 0.3 is 0 Å². The molecule has 10 rings (SSSR count). The number of allylic oxidation sites excluding steroid dienone is 2. The fourth-order valence-electron chi connectivity index (χ4n) is 7.77. The minimum Gasteiger partial charge on any atom is -0.456 e. The van der Waals surface area contributed by atoms with Gasteiger partial charge in [0.15, 0.2) is 17.5 Å². The zero-order valence-electron chi connectivity index (χ0n) is 28.0. The van der Waals surface area contributed by atoms with E-state index >= 15 is 0 Å². The van der Waals surface area contributed by atoms with Gasteiger partial charge < -0.3 is 4.42 Å². The smallest absolute Gasteiger partial charge is 0.164 e. The highest BCUT2D eigenvalue weighted by molar-refractivity contribution is 6.12. The van der Waals surface area contributed by atoms with Crippen molar-refractivity contribution in [2.45, 2.75) is 25.2 Å². The van der Waals surface area contributed by atoms with Gasteiger partial charge in [0.05, 0.1) is 0 Å². The van der Waals surface area contributed by atoms with E-state index in [2.05, 4.69) is 140 Å². The van der Waals surface area contributed by atoms with E-state index < -0.39 is 0 Å². The fraction of sp³-hybridized carbons (Fsp3) is 0.0851. The Morgan fingerprint density at radius 3 is 2.14 bits per heavy atom. The predicted molar refractivity (Wildman–Crippen MR) is 208 cm³/mol. The van der Waals surface area contributed by atoms with Crippen LogP contribution in [0.2, 0.25) is 0 Å². The largest absolute Gasteiger partial charge is 0.456 e. The maximum atomic E-state index is 6.58. The molecular formula is C47H33N3O. The normalized spacial score (nSPS) is 14.9. The lowest BCUT2D eigenvalue weighted by molar-refractivity contribution is 0.667. The summed E-state index contributed by atoms with van der Waals surface area (Å²) in [7, 11) is 0. The Morgan fingerprint density at radius 2 is 1.24 bits per heavy atom. The highest BCUT2D eigenvalue weighted by atomic mass is 16.3. The molecule has 2 heterocycles. The first-order chi connectivity index (χ1) is 25.2. The number of hydrogen-bond donors (Lipinski definition) is 0. The van der Waals surface area contributed by atoms with Gasteiger partial charge in [-0.15, -0.1) is 0 Å². The second-order valence-electron chi connectivity index (χ2n) is 13.5. The number of furan rings is 1. The molecule has 1 unspecified atom stereocenters.